The molecule has 5 nitrogen and oxygen atoms in total. The van der Waals surface area contributed by atoms with Crippen molar-refractivity contribution >= 4 is 16.6 Å². The Morgan fingerprint density at radius 3 is 2.89 bits per heavy atom. The van der Waals surface area contributed by atoms with Gasteiger partial charge in [0.1, 0.15) is 0 Å². The Morgan fingerprint density at radius 1 is 1.53 bits per heavy atom. The fourth-order valence-electron chi connectivity index (χ4n) is 1.85. The number of nitrogens with two attached hydrogens (primary N) is 1. The summed E-state index contributed by atoms with van der Waals surface area (Å²) in [5.74, 6) is 0.415. The lowest BCUT2D eigenvalue weighted by atomic mass is 10.1. The van der Waals surface area contributed by atoms with E-state index in [-0.39, 0.29) is 5.75 Å². The fraction of sp³-hybridized carbons (Fsp3) is 0.214. The van der Waals surface area contributed by atoms with Crippen LogP contribution in [0.5, 0.6) is 11.5 Å². The minimum atomic E-state index is -0.598. The molecule has 5 heteroatoms. The number of ether oxygens (including phenoxy) is 1. The number of hydrogen-bond donors (Lipinski definition) is 3. The summed E-state index contributed by atoms with van der Waals surface area (Å²) >= 11 is 0. The van der Waals surface area contributed by atoms with Gasteiger partial charge in [0.15, 0.2) is 5.75 Å². The van der Waals surface area contributed by atoms with E-state index in [1.165, 1.54) is 0 Å². The van der Waals surface area contributed by atoms with Crippen molar-refractivity contribution in [1.29, 1.82) is 0 Å². The molecule has 0 bridgehead atoms. The molecule has 2 aromatic rings. The Hall–Kier alpha value is -2.43. The number of hydrogen-bond acceptors (Lipinski definition) is 4. The number of aromatic hydroxyl groups is 1. The zero-order chi connectivity index (χ0) is 14.0. The number of nitrogen functional groups attached to an aromatic ring is 1. The van der Waals surface area contributed by atoms with Crippen LogP contribution in [-0.2, 0) is 0 Å². The Kier molecular flexibility index (Phi) is 3.46. The number of rotatable bonds is 3. The summed E-state index contributed by atoms with van der Waals surface area (Å²) < 4.78 is 5.63. The van der Waals surface area contributed by atoms with Crippen molar-refractivity contribution < 1.29 is 9.84 Å². The van der Waals surface area contributed by atoms with E-state index in [4.69, 9.17) is 10.5 Å². The van der Waals surface area contributed by atoms with Gasteiger partial charge in [-0.05, 0) is 31.2 Å². The number of pyridine rings is 1. The predicted octanol–water partition coefficient (Wildman–Crippen LogP) is 2.51. The van der Waals surface area contributed by atoms with Gasteiger partial charge in [0.25, 0.3) is 5.56 Å². The zero-order valence-corrected chi connectivity index (χ0v) is 10.9. The smallest absolute Gasteiger partial charge is 0.294 e. The number of allylic oxidation sites excluding steroid dienone is 2. The molecular formula is C14H16N2O3. The lowest BCUT2D eigenvalue weighted by Gasteiger charge is -2.12. The monoisotopic (exact) mass is 260 g/mol. The molecule has 0 aliphatic carbocycles. The van der Waals surface area contributed by atoms with Gasteiger partial charge in [0.05, 0.1) is 11.3 Å². The molecule has 1 heterocycles. The Morgan fingerprint density at radius 2 is 2.26 bits per heavy atom. The molecule has 1 aromatic carbocycles. The maximum atomic E-state index is 11.7. The van der Waals surface area contributed by atoms with Crippen LogP contribution in [0.3, 0.4) is 0 Å². The summed E-state index contributed by atoms with van der Waals surface area (Å²) in [6.45, 7) is 3.77. The van der Waals surface area contributed by atoms with Crippen LogP contribution in [0.15, 0.2) is 34.8 Å². The minimum absolute atomic E-state index is 0.161. The van der Waals surface area contributed by atoms with Crippen LogP contribution < -0.4 is 16.0 Å². The third-order valence-corrected chi connectivity index (χ3v) is 2.87. The van der Waals surface area contributed by atoms with Gasteiger partial charge in [-0.25, -0.2) is 0 Å². The van der Waals surface area contributed by atoms with Crippen molar-refractivity contribution in [3.63, 3.8) is 0 Å². The number of benzene rings is 1. The average Bonchev–Trinajstić information content (AvgIpc) is 2.39. The second kappa shape index (κ2) is 5.06. The third-order valence-electron chi connectivity index (χ3n) is 2.87. The Labute approximate surface area is 110 Å². The first-order valence-electron chi connectivity index (χ1n) is 6.04. The molecule has 0 spiro atoms. The van der Waals surface area contributed by atoms with Crippen molar-refractivity contribution in [3.05, 3.63) is 40.4 Å². The fourth-order valence-corrected chi connectivity index (χ4v) is 1.85. The number of aromatic nitrogens is 1. The highest BCUT2D eigenvalue weighted by Gasteiger charge is 2.14. The van der Waals surface area contributed by atoms with Crippen molar-refractivity contribution in [2.75, 3.05) is 5.73 Å². The van der Waals surface area contributed by atoms with Gasteiger partial charge in [-0.15, -0.1) is 0 Å². The van der Waals surface area contributed by atoms with Gasteiger partial charge in [-0.2, -0.15) is 0 Å². The van der Waals surface area contributed by atoms with Crippen LogP contribution in [0.2, 0.25) is 0 Å². The standard InChI is InChI=1S/C14H16N2O3/c1-3-9(4-2)19-13-10-6-5-8(15)7-11(10)16-14(18)12(13)17/h3,5-7,17H,4,15H2,1-2H3,(H,16,18). The molecular weight excluding hydrogens is 244 g/mol. The predicted molar refractivity (Wildman–Crippen MR) is 75.3 cm³/mol. The molecule has 100 valence electrons. The molecule has 2 rings (SSSR count). The van der Waals surface area contributed by atoms with Crippen LogP contribution in [-0.4, -0.2) is 10.1 Å². The van der Waals surface area contributed by atoms with Crippen LogP contribution in [0.1, 0.15) is 20.3 Å². The zero-order valence-electron chi connectivity index (χ0n) is 10.9. The van der Waals surface area contributed by atoms with Gasteiger partial charge < -0.3 is 20.6 Å². The number of H-pyrrole nitrogens is 1. The first-order valence-corrected chi connectivity index (χ1v) is 6.04. The summed E-state index contributed by atoms with van der Waals surface area (Å²) in [4.78, 5) is 14.2. The number of nitrogens with one attached hydrogen (secondary N) is 1. The van der Waals surface area contributed by atoms with E-state index in [9.17, 15) is 9.90 Å². The Bertz CT molecular complexity index is 702. The van der Waals surface area contributed by atoms with Crippen molar-refractivity contribution in [3.8, 4) is 11.5 Å². The van der Waals surface area contributed by atoms with Crippen LogP contribution in [0.25, 0.3) is 10.9 Å². The van der Waals surface area contributed by atoms with E-state index >= 15 is 0 Å². The van der Waals surface area contributed by atoms with Crippen molar-refractivity contribution in [2.24, 2.45) is 0 Å². The third kappa shape index (κ3) is 2.40. The quantitative estimate of drug-likeness (QED) is 0.584. The highest BCUT2D eigenvalue weighted by molar-refractivity contribution is 5.89. The summed E-state index contributed by atoms with van der Waals surface area (Å²) in [6, 6.07) is 5.02. The van der Waals surface area contributed by atoms with E-state index in [1.54, 1.807) is 24.3 Å². The van der Waals surface area contributed by atoms with Crippen LogP contribution in [0.4, 0.5) is 5.69 Å². The van der Waals surface area contributed by atoms with Gasteiger partial charge in [-0.1, -0.05) is 6.92 Å². The largest absolute Gasteiger partial charge is 0.500 e. The topological polar surface area (TPSA) is 88.3 Å². The molecule has 1 aromatic heterocycles. The first kappa shape index (κ1) is 13.0. The van der Waals surface area contributed by atoms with E-state index < -0.39 is 11.3 Å². The normalized spacial score (nSPS) is 11.8. The van der Waals surface area contributed by atoms with Gasteiger partial charge >= 0.3 is 0 Å². The van der Waals surface area contributed by atoms with E-state index in [1.807, 2.05) is 13.8 Å². The molecule has 0 radical (unpaired) electrons. The second-order valence-electron chi connectivity index (χ2n) is 4.15. The van der Waals surface area contributed by atoms with E-state index in [0.29, 0.717) is 28.8 Å². The molecule has 0 fully saturated rings. The van der Waals surface area contributed by atoms with E-state index in [0.717, 1.165) is 0 Å². The molecule has 0 aliphatic rings. The molecule has 4 N–H and O–H groups in total. The SMILES string of the molecule is CC=C(CC)Oc1c(O)c(=O)[nH]c2cc(N)ccc12. The van der Waals surface area contributed by atoms with Gasteiger partial charge in [0.2, 0.25) is 5.75 Å². The number of anilines is 1. The molecule has 0 saturated heterocycles. The molecule has 0 unspecified atom stereocenters. The first-order chi connectivity index (χ1) is 9.06. The van der Waals surface area contributed by atoms with Crippen LogP contribution in [0, 0.1) is 0 Å². The molecule has 0 saturated carbocycles. The minimum Gasteiger partial charge on any atom is -0.500 e. The number of aromatic amines is 1. The molecule has 0 aliphatic heterocycles. The van der Waals surface area contributed by atoms with Crippen molar-refractivity contribution in [1.82, 2.24) is 4.98 Å². The summed E-state index contributed by atoms with van der Waals surface area (Å²) in [6.07, 6.45) is 2.46. The Balaban J connectivity index is 2.70. The van der Waals surface area contributed by atoms with E-state index in [2.05, 4.69) is 4.98 Å². The van der Waals surface area contributed by atoms with Gasteiger partial charge in [-0.3, -0.25) is 4.79 Å². The van der Waals surface area contributed by atoms with Crippen LogP contribution >= 0.6 is 0 Å². The number of fused-ring (bicyclic) bond motifs is 1. The highest BCUT2D eigenvalue weighted by Crippen LogP contribution is 2.33. The molecule has 0 atom stereocenters. The highest BCUT2D eigenvalue weighted by atomic mass is 16.5. The average molecular weight is 260 g/mol. The maximum absolute atomic E-state index is 11.7. The van der Waals surface area contributed by atoms with Gasteiger partial charge in [0, 0.05) is 17.5 Å². The lowest BCUT2D eigenvalue weighted by Crippen LogP contribution is -2.08. The summed E-state index contributed by atoms with van der Waals surface area (Å²) in [5, 5.41) is 10.5. The summed E-state index contributed by atoms with van der Waals surface area (Å²) in [5.41, 5.74) is 6.14. The van der Waals surface area contributed by atoms with Crippen molar-refractivity contribution in [2.45, 2.75) is 20.3 Å². The second-order valence-corrected chi connectivity index (χ2v) is 4.15. The maximum Gasteiger partial charge on any atom is 0.294 e. The summed E-state index contributed by atoms with van der Waals surface area (Å²) in [7, 11) is 0. The molecule has 0 amide bonds. The molecule has 19 heavy (non-hydrogen) atoms. The lowest BCUT2D eigenvalue weighted by molar-refractivity contribution is 0.371.